The molecule has 30 atom stereocenters. The van der Waals surface area contributed by atoms with Crippen molar-refractivity contribution in [3.05, 3.63) is 11.6 Å². The third-order valence-electron chi connectivity index (χ3n) is 19.6. The molecule has 0 aromatic heterocycles. The molecule has 0 aromatic carbocycles. The van der Waals surface area contributed by atoms with Crippen LogP contribution in [0.15, 0.2) is 11.6 Å². The molecule has 4 aliphatic carbocycles. The van der Waals surface area contributed by atoms with Crippen molar-refractivity contribution in [1.82, 2.24) is 0 Å². The lowest BCUT2D eigenvalue weighted by Gasteiger charge is -2.62. The van der Waals surface area contributed by atoms with Crippen LogP contribution in [0.2, 0.25) is 0 Å². The lowest BCUT2D eigenvalue weighted by atomic mass is 9.45. The van der Waals surface area contributed by atoms with E-state index in [0.29, 0.717) is 38.2 Å². The highest BCUT2D eigenvalue weighted by Crippen LogP contribution is 2.72. The Balaban J connectivity index is 0.833. The Kier molecular flexibility index (Phi) is 15.7. The molecule has 73 heavy (non-hydrogen) atoms. The van der Waals surface area contributed by atoms with Gasteiger partial charge < -0.3 is 114 Å². The first kappa shape index (κ1) is 55.1. The summed E-state index contributed by atoms with van der Waals surface area (Å²) in [5, 5.41) is 142. The van der Waals surface area contributed by atoms with Crippen LogP contribution >= 0.6 is 0 Å². The Labute approximate surface area is 423 Å². The zero-order valence-electron chi connectivity index (χ0n) is 41.9. The van der Waals surface area contributed by atoms with Crippen molar-refractivity contribution in [1.29, 1.82) is 0 Å². The normalized spacial score (nSPS) is 57.1. The molecule has 23 heteroatoms. The highest BCUT2D eigenvalue weighted by molar-refractivity contribution is 5.30. The van der Waals surface area contributed by atoms with Crippen molar-refractivity contribution in [3.63, 3.8) is 0 Å². The minimum Gasteiger partial charge on any atom is -0.394 e. The molecule has 3 saturated carbocycles. The van der Waals surface area contributed by atoms with Crippen LogP contribution in [0.3, 0.4) is 0 Å². The van der Waals surface area contributed by atoms with Gasteiger partial charge in [-0.1, -0.05) is 39.3 Å². The number of aliphatic hydroxyl groups is 13. The molecule has 0 amide bonds. The minimum atomic E-state index is -2.01. The number of rotatable bonds is 11. The van der Waals surface area contributed by atoms with E-state index in [1.54, 1.807) is 0 Å². The first-order chi connectivity index (χ1) is 34.6. The lowest BCUT2D eigenvalue weighted by molar-refractivity contribution is -0.403. The first-order valence-electron chi connectivity index (χ1n) is 26.5. The Morgan fingerprint density at radius 3 is 1.93 bits per heavy atom. The van der Waals surface area contributed by atoms with Gasteiger partial charge in [0, 0.05) is 30.1 Å². The van der Waals surface area contributed by atoms with Crippen molar-refractivity contribution in [2.75, 3.05) is 33.0 Å². The third kappa shape index (κ3) is 9.12. The molecular formula is C50H80O23. The molecule has 9 fully saturated rings. The van der Waals surface area contributed by atoms with Crippen LogP contribution in [0.25, 0.3) is 0 Å². The fourth-order valence-corrected chi connectivity index (χ4v) is 15.2. The standard InChI is InChI=1S/C50H80O23/c1-20-7-12-50(65-18-20)21(2)31-27(73-50)14-49(63)25-6-5-22-13-23(8-10-47(22,3)24(25)9-11-48(31,49)4)66-44-39(62)36(59)40(30(17-53)69-44)70-46-42(72-45-38(61)35(58)33(56)28(15-51)67-45)41(34(57)29(16-52)68-46)71-43-37(60)32(55)26(54)19-64-43/h5,20-21,23-46,51-63H,6-19H2,1-4H3/t20?,21-,23?,24?,25?,26+,27?,28+,29+,30+,31-,32-,33+,34+,35-,36+,37+,38+,39+,40-,41-,42+,43+,44-,45+,46+,47-,48+,49+,50+/m0/s1. The number of hydrogen-bond donors (Lipinski definition) is 13. The summed E-state index contributed by atoms with van der Waals surface area (Å²) < 4.78 is 61.1. The average Bonchev–Trinajstić information content (AvgIpc) is 3.77. The molecule has 5 unspecified atom stereocenters. The summed E-state index contributed by atoms with van der Waals surface area (Å²) in [6.07, 6.45) is -24.8. The summed E-state index contributed by atoms with van der Waals surface area (Å²) in [5.41, 5.74) is -0.289. The molecule has 418 valence electrons. The van der Waals surface area contributed by atoms with Crippen LogP contribution in [0.1, 0.15) is 85.5 Å². The van der Waals surface area contributed by atoms with E-state index < -0.39 is 161 Å². The Bertz CT molecular complexity index is 1940. The third-order valence-corrected chi connectivity index (χ3v) is 19.6. The second kappa shape index (κ2) is 20.8. The molecule has 0 radical (unpaired) electrons. The van der Waals surface area contributed by atoms with E-state index in [4.69, 9.17) is 47.4 Å². The molecule has 10 rings (SSSR count). The van der Waals surface area contributed by atoms with Gasteiger partial charge in [0.05, 0.1) is 50.8 Å². The number of ether oxygens (including phenoxy) is 10. The molecule has 0 aromatic rings. The van der Waals surface area contributed by atoms with Crippen LogP contribution in [0, 0.1) is 40.4 Å². The predicted molar refractivity (Wildman–Crippen MR) is 244 cm³/mol. The monoisotopic (exact) mass is 1050 g/mol. The zero-order chi connectivity index (χ0) is 52.3. The fourth-order valence-electron chi connectivity index (χ4n) is 15.2. The fraction of sp³-hybridized carbons (Fsp3) is 0.960. The summed E-state index contributed by atoms with van der Waals surface area (Å²) in [6.45, 7) is 6.66. The van der Waals surface area contributed by atoms with Crippen LogP contribution in [-0.2, 0) is 47.4 Å². The summed E-state index contributed by atoms with van der Waals surface area (Å²) >= 11 is 0. The Morgan fingerprint density at radius 1 is 0.603 bits per heavy atom. The molecule has 6 saturated heterocycles. The van der Waals surface area contributed by atoms with E-state index in [9.17, 15) is 66.4 Å². The van der Waals surface area contributed by atoms with Gasteiger partial charge in [0.1, 0.15) is 91.6 Å². The Hall–Kier alpha value is -1.18. The average molecular weight is 1050 g/mol. The van der Waals surface area contributed by atoms with E-state index in [1.165, 1.54) is 5.57 Å². The van der Waals surface area contributed by atoms with E-state index in [-0.39, 0.29) is 40.6 Å². The van der Waals surface area contributed by atoms with Crippen molar-refractivity contribution < 1.29 is 114 Å². The summed E-state index contributed by atoms with van der Waals surface area (Å²) in [7, 11) is 0. The number of hydrogen-bond acceptors (Lipinski definition) is 23. The van der Waals surface area contributed by atoms with Crippen LogP contribution < -0.4 is 0 Å². The predicted octanol–water partition coefficient (Wildman–Crippen LogP) is -3.24. The highest BCUT2D eigenvalue weighted by atomic mass is 16.8. The van der Waals surface area contributed by atoms with E-state index in [2.05, 4.69) is 33.8 Å². The van der Waals surface area contributed by atoms with Gasteiger partial charge in [-0.05, 0) is 68.1 Å². The SMILES string of the molecule is CC1CC[C@@]2(OC1)OC1C[C@@]3(O)C4CC=C5CC(O[C@H]6O[C@H](CO)[C@H](O[C@H]7O[C@H](CO)[C@@H](O)[C@H](O[C@H]8OC[C@@H](O)[C@H](O)[C@H]8O)[C@H]7O[C@H]7O[C@H](CO)[C@@H](O)[C@H](O)[C@H]7O)[C@H](O)[C@H]6O)CC[C@]5(C)C4CC[C@]3(C)[C@H]1[C@@H]2C. The molecule has 6 heterocycles. The maximum absolute atomic E-state index is 13.0. The Morgan fingerprint density at radius 2 is 1.23 bits per heavy atom. The molecule has 10 aliphatic rings. The summed E-state index contributed by atoms with van der Waals surface area (Å²) in [6, 6.07) is 0. The first-order valence-corrected chi connectivity index (χ1v) is 26.5. The number of aliphatic hydroxyl groups excluding tert-OH is 12. The molecule has 23 nitrogen and oxygen atoms in total. The van der Waals surface area contributed by atoms with Gasteiger partial charge in [-0.25, -0.2) is 0 Å². The quantitative estimate of drug-likeness (QED) is 0.0905. The smallest absolute Gasteiger partial charge is 0.187 e. The minimum absolute atomic E-state index is 0.0326. The van der Waals surface area contributed by atoms with Crippen LogP contribution in [0.5, 0.6) is 0 Å². The molecule has 6 aliphatic heterocycles. The topological polar surface area (TPSA) is 355 Å². The lowest BCUT2D eigenvalue weighted by Crippen LogP contribution is -2.68. The largest absolute Gasteiger partial charge is 0.394 e. The van der Waals surface area contributed by atoms with Gasteiger partial charge in [-0.15, -0.1) is 0 Å². The summed E-state index contributed by atoms with van der Waals surface area (Å²) in [4.78, 5) is 0. The van der Waals surface area contributed by atoms with Crippen molar-refractivity contribution in [2.24, 2.45) is 40.4 Å². The maximum Gasteiger partial charge on any atom is 0.187 e. The number of allylic oxidation sites excluding steroid dienone is 1. The van der Waals surface area contributed by atoms with E-state index in [1.807, 2.05) is 0 Å². The van der Waals surface area contributed by atoms with Crippen molar-refractivity contribution >= 4 is 0 Å². The second-order valence-electron chi connectivity index (χ2n) is 23.6. The van der Waals surface area contributed by atoms with Gasteiger partial charge in [-0.3, -0.25) is 0 Å². The van der Waals surface area contributed by atoms with Gasteiger partial charge >= 0.3 is 0 Å². The van der Waals surface area contributed by atoms with E-state index in [0.717, 1.165) is 32.1 Å². The van der Waals surface area contributed by atoms with Crippen LogP contribution in [0.4, 0.5) is 0 Å². The molecule has 1 spiro atoms. The van der Waals surface area contributed by atoms with Gasteiger partial charge in [-0.2, -0.15) is 0 Å². The molecular weight excluding hydrogens is 969 g/mol. The second-order valence-corrected chi connectivity index (χ2v) is 23.6. The molecule has 13 N–H and O–H groups in total. The van der Waals surface area contributed by atoms with Crippen molar-refractivity contribution in [2.45, 2.75) is 226 Å². The summed E-state index contributed by atoms with van der Waals surface area (Å²) in [5.74, 6) is 0.488. The number of fused-ring (bicyclic) bond motifs is 7. The van der Waals surface area contributed by atoms with Gasteiger partial charge in [0.25, 0.3) is 0 Å². The van der Waals surface area contributed by atoms with E-state index >= 15 is 0 Å². The van der Waals surface area contributed by atoms with Gasteiger partial charge in [0.15, 0.2) is 30.9 Å². The maximum atomic E-state index is 13.0. The zero-order valence-corrected chi connectivity index (χ0v) is 41.9. The highest BCUT2D eigenvalue weighted by Gasteiger charge is 2.74. The van der Waals surface area contributed by atoms with Crippen molar-refractivity contribution in [3.8, 4) is 0 Å². The van der Waals surface area contributed by atoms with Crippen LogP contribution in [-0.4, -0.2) is 240 Å². The molecule has 0 bridgehead atoms. The van der Waals surface area contributed by atoms with Gasteiger partial charge in [0.2, 0.25) is 0 Å².